The van der Waals surface area contributed by atoms with Gasteiger partial charge in [0.05, 0.1) is 5.69 Å². The van der Waals surface area contributed by atoms with Crippen molar-refractivity contribution in [1.82, 2.24) is 4.98 Å². The molecular formula is C6H7F2N. The van der Waals surface area contributed by atoms with Gasteiger partial charge in [0.1, 0.15) is 0 Å². The third-order valence-corrected chi connectivity index (χ3v) is 1.09. The van der Waals surface area contributed by atoms with Gasteiger partial charge in [-0.2, -0.15) is 0 Å². The monoisotopic (exact) mass is 131 g/mol. The van der Waals surface area contributed by atoms with Crippen molar-refractivity contribution in [3.05, 3.63) is 23.5 Å². The van der Waals surface area contributed by atoms with Crippen molar-refractivity contribution in [3.63, 3.8) is 0 Å². The molecular weight excluding hydrogens is 124 g/mol. The molecule has 0 atom stereocenters. The zero-order valence-electron chi connectivity index (χ0n) is 4.99. The fourth-order valence-electron chi connectivity index (χ4n) is 0.653. The van der Waals surface area contributed by atoms with Crippen LogP contribution in [0.5, 0.6) is 0 Å². The Hall–Kier alpha value is -0.860. The van der Waals surface area contributed by atoms with Gasteiger partial charge in [-0.05, 0) is 19.1 Å². The summed E-state index contributed by atoms with van der Waals surface area (Å²) in [6, 6.07) is 3.02. The Bertz CT molecular complexity index is 193. The molecule has 1 aromatic rings. The minimum absolute atomic E-state index is 0.00694. The normalized spacial score (nSPS) is 10.7. The SMILES string of the molecule is Cc1ccc(C(F)F)[nH]1. The molecule has 0 bridgehead atoms. The molecule has 0 aromatic carbocycles. The second-order valence-electron chi connectivity index (χ2n) is 1.90. The van der Waals surface area contributed by atoms with Crippen LogP contribution in [0.4, 0.5) is 8.78 Å². The minimum atomic E-state index is -2.38. The van der Waals surface area contributed by atoms with Gasteiger partial charge >= 0.3 is 0 Å². The summed E-state index contributed by atoms with van der Waals surface area (Å²) in [5, 5.41) is 0. The first-order valence-electron chi connectivity index (χ1n) is 2.64. The van der Waals surface area contributed by atoms with E-state index in [2.05, 4.69) is 4.98 Å². The standard InChI is InChI=1S/C6H7F2N/c1-4-2-3-5(9-4)6(7)8/h2-3,6,9H,1H3. The lowest BCUT2D eigenvalue weighted by Crippen LogP contribution is -1.81. The quantitative estimate of drug-likeness (QED) is 0.601. The molecule has 0 aliphatic rings. The van der Waals surface area contributed by atoms with Gasteiger partial charge in [0.15, 0.2) is 0 Å². The molecule has 1 heterocycles. The Morgan fingerprint density at radius 2 is 2.11 bits per heavy atom. The van der Waals surface area contributed by atoms with E-state index in [4.69, 9.17) is 0 Å². The summed E-state index contributed by atoms with van der Waals surface area (Å²) < 4.78 is 23.5. The van der Waals surface area contributed by atoms with Crippen molar-refractivity contribution in [1.29, 1.82) is 0 Å². The van der Waals surface area contributed by atoms with Crippen molar-refractivity contribution in [2.45, 2.75) is 13.3 Å². The summed E-state index contributed by atoms with van der Waals surface area (Å²) in [6.45, 7) is 1.74. The van der Waals surface area contributed by atoms with Gasteiger partial charge in [0, 0.05) is 5.69 Å². The highest BCUT2D eigenvalue weighted by atomic mass is 19.3. The molecule has 50 valence electrons. The van der Waals surface area contributed by atoms with Gasteiger partial charge in [-0.3, -0.25) is 0 Å². The van der Waals surface area contributed by atoms with Crippen LogP contribution in [0.3, 0.4) is 0 Å². The predicted molar refractivity (Wildman–Crippen MR) is 30.5 cm³/mol. The van der Waals surface area contributed by atoms with Crippen molar-refractivity contribution < 1.29 is 8.78 Å². The summed E-state index contributed by atoms with van der Waals surface area (Å²) in [6.07, 6.45) is -2.38. The number of rotatable bonds is 1. The lowest BCUT2D eigenvalue weighted by molar-refractivity contribution is 0.146. The van der Waals surface area contributed by atoms with E-state index >= 15 is 0 Å². The molecule has 1 N–H and O–H groups in total. The molecule has 0 saturated carbocycles. The fraction of sp³-hybridized carbons (Fsp3) is 0.333. The smallest absolute Gasteiger partial charge is 0.278 e. The summed E-state index contributed by atoms with van der Waals surface area (Å²) >= 11 is 0. The molecule has 0 saturated heterocycles. The van der Waals surface area contributed by atoms with Crippen LogP contribution in [0.25, 0.3) is 0 Å². The van der Waals surface area contributed by atoms with E-state index in [9.17, 15) is 8.78 Å². The van der Waals surface area contributed by atoms with Crippen LogP contribution in [-0.4, -0.2) is 4.98 Å². The Labute approximate surface area is 51.7 Å². The van der Waals surface area contributed by atoms with Crippen molar-refractivity contribution in [2.24, 2.45) is 0 Å². The maximum absolute atomic E-state index is 11.7. The number of aromatic amines is 1. The zero-order valence-corrected chi connectivity index (χ0v) is 4.99. The number of hydrogen-bond acceptors (Lipinski definition) is 0. The first-order chi connectivity index (χ1) is 4.20. The largest absolute Gasteiger partial charge is 0.358 e. The lowest BCUT2D eigenvalue weighted by Gasteiger charge is -1.90. The lowest BCUT2D eigenvalue weighted by atomic mass is 10.4. The van der Waals surface area contributed by atoms with Gasteiger partial charge in [0.2, 0.25) is 0 Å². The molecule has 0 aliphatic heterocycles. The van der Waals surface area contributed by atoms with Crippen LogP contribution < -0.4 is 0 Å². The van der Waals surface area contributed by atoms with E-state index in [-0.39, 0.29) is 5.69 Å². The van der Waals surface area contributed by atoms with E-state index in [1.807, 2.05) is 0 Å². The number of nitrogens with one attached hydrogen (secondary N) is 1. The van der Waals surface area contributed by atoms with Crippen LogP contribution in [0, 0.1) is 6.92 Å². The van der Waals surface area contributed by atoms with Crippen LogP contribution in [0.15, 0.2) is 12.1 Å². The number of halogens is 2. The average molecular weight is 131 g/mol. The molecule has 1 nitrogen and oxygen atoms in total. The maximum Gasteiger partial charge on any atom is 0.278 e. The topological polar surface area (TPSA) is 15.8 Å². The first kappa shape index (κ1) is 6.26. The van der Waals surface area contributed by atoms with Crippen LogP contribution in [0.2, 0.25) is 0 Å². The van der Waals surface area contributed by atoms with Crippen molar-refractivity contribution in [3.8, 4) is 0 Å². The van der Waals surface area contributed by atoms with Gasteiger partial charge in [-0.1, -0.05) is 0 Å². The second kappa shape index (κ2) is 2.17. The third kappa shape index (κ3) is 1.28. The molecule has 1 rings (SSSR count). The van der Waals surface area contributed by atoms with E-state index in [1.165, 1.54) is 6.07 Å². The Morgan fingerprint density at radius 1 is 1.44 bits per heavy atom. The van der Waals surface area contributed by atoms with Gasteiger partial charge in [-0.15, -0.1) is 0 Å². The Balaban J connectivity index is 2.85. The molecule has 0 aliphatic carbocycles. The summed E-state index contributed by atoms with van der Waals surface area (Å²) in [4.78, 5) is 2.53. The Kier molecular flexibility index (Phi) is 1.51. The summed E-state index contributed by atoms with van der Waals surface area (Å²) in [7, 11) is 0. The highest BCUT2D eigenvalue weighted by Crippen LogP contribution is 2.16. The number of H-pyrrole nitrogens is 1. The highest BCUT2D eigenvalue weighted by Gasteiger charge is 2.06. The average Bonchev–Trinajstić information content (AvgIpc) is 2.14. The predicted octanol–water partition coefficient (Wildman–Crippen LogP) is 2.26. The second-order valence-corrected chi connectivity index (χ2v) is 1.90. The van der Waals surface area contributed by atoms with Crippen LogP contribution in [0.1, 0.15) is 17.8 Å². The summed E-state index contributed by atoms with van der Waals surface area (Å²) in [5.74, 6) is 0. The zero-order chi connectivity index (χ0) is 6.85. The van der Waals surface area contributed by atoms with Gasteiger partial charge in [-0.25, -0.2) is 8.78 Å². The molecule has 0 amide bonds. The first-order valence-corrected chi connectivity index (χ1v) is 2.64. The Morgan fingerprint density at radius 3 is 2.33 bits per heavy atom. The molecule has 0 spiro atoms. The van der Waals surface area contributed by atoms with E-state index in [0.717, 1.165) is 5.69 Å². The molecule has 9 heavy (non-hydrogen) atoms. The van der Waals surface area contributed by atoms with Crippen molar-refractivity contribution >= 4 is 0 Å². The maximum atomic E-state index is 11.7. The van der Waals surface area contributed by atoms with Gasteiger partial charge < -0.3 is 4.98 Å². The van der Waals surface area contributed by atoms with Crippen molar-refractivity contribution in [2.75, 3.05) is 0 Å². The number of alkyl halides is 2. The van der Waals surface area contributed by atoms with Crippen LogP contribution >= 0.6 is 0 Å². The van der Waals surface area contributed by atoms with E-state index in [1.54, 1.807) is 13.0 Å². The molecule has 0 unspecified atom stereocenters. The van der Waals surface area contributed by atoms with Gasteiger partial charge in [0.25, 0.3) is 6.43 Å². The van der Waals surface area contributed by atoms with E-state index < -0.39 is 6.43 Å². The number of hydrogen-bond donors (Lipinski definition) is 1. The minimum Gasteiger partial charge on any atom is -0.358 e. The van der Waals surface area contributed by atoms with Crippen LogP contribution in [-0.2, 0) is 0 Å². The molecule has 1 aromatic heterocycles. The highest BCUT2D eigenvalue weighted by molar-refractivity contribution is 5.12. The molecule has 3 heteroatoms. The summed E-state index contributed by atoms with van der Waals surface area (Å²) in [5.41, 5.74) is 0.762. The van der Waals surface area contributed by atoms with E-state index in [0.29, 0.717) is 0 Å². The number of aryl methyl sites for hydroxylation is 1. The number of aromatic nitrogens is 1. The fourth-order valence-corrected chi connectivity index (χ4v) is 0.653. The molecule has 0 radical (unpaired) electrons. The third-order valence-electron chi connectivity index (χ3n) is 1.09. The molecule has 0 fully saturated rings.